The first-order chi connectivity index (χ1) is 14.6. The minimum Gasteiger partial charge on any atom is -0.468 e. The Kier molecular flexibility index (Phi) is 6.25. The first-order valence-corrected chi connectivity index (χ1v) is 9.50. The first-order valence-electron chi connectivity index (χ1n) is 8.69. The van der Waals surface area contributed by atoms with Crippen LogP contribution in [0.5, 0.6) is 0 Å². The summed E-state index contributed by atoms with van der Waals surface area (Å²) in [6.07, 6.45) is -4.52. The van der Waals surface area contributed by atoms with Crippen LogP contribution in [-0.2, 0) is 27.0 Å². The Balaban J connectivity index is 2.08. The zero-order valence-corrected chi connectivity index (χ0v) is 17.0. The number of nitrogens with zero attached hydrogens (tertiary/aromatic N) is 2. The van der Waals surface area contributed by atoms with E-state index in [-0.39, 0.29) is 22.5 Å². The summed E-state index contributed by atoms with van der Waals surface area (Å²) in [5.41, 5.74) is -0.156. The van der Waals surface area contributed by atoms with Crippen molar-refractivity contribution in [2.24, 2.45) is 4.99 Å². The summed E-state index contributed by atoms with van der Waals surface area (Å²) >= 11 is 1.03. The zero-order chi connectivity index (χ0) is 22.8. The average molecular weight is 452 g/mol. The Morgan fingerprint density at radius 2 is 1.65 bits per heavy atom. The lowest BCUT2D eigenvalue weighted by Gasteiger charge is -2.06. The minimum atomic E-state index is -4.52. The van der Waals surface area contributed by atoms with Crippen LogP contribution >= 0.6 is 11.3 Å². The van der Waals surface area contributed by atoms with Crippen molar-refractivity contribution in [3.05, 3.63) is 64.0 Å². The van der Waals surface area contributed by atoms with Gasteiger partial charge in [0.1, 0.15) is 6.54 Å². The number of carbonyl (C=O) groups is 3. The van der Waals surface area contributed by atoms with E-state index in [1.807, 2.05) is 0 Å². The van der Waals surface area contributed by atoms with Crippen LogP contribution in [0, 0.1) is 0 Å². The largest absolute Gasteiger partial charge is 0.468 e. The molecule has 0 N–H and O–H groups in total. The highest BCUT2D eigenvalue weighted by atomic mass is 32.1. The second-order valence-corrected chi connectivity index (χ2v) is 7.22. The van der Waals surface area contributed by atoms with Crippen molar-refractivity contribution >= 4 is 39.4 Å². The molecule has 1 aromatic heterocycles. The van der Waals surface area contributed by atoms with E-state index >= 15 is 0 Å². The molecule has 1 heterocycles. The van der Waals surface area contributed by atoms with E-state index in [9.17, 15) is 27.6 Å². The monoisotopic (exact) mass is 452 g/mol. The Bertz CT molecular complexity index is 1230. The van der Waals surface area contributed by atoms with Crippen molar-refractivity contribution in [3.8, 4) is 0 Å². The van der Waals surface area contributed by atoms with Gasteiger partial charge in [-0.05, 0) is 42.5 Å². The number of fused-ring (bicyclic) bond motifs is 1. The molecule has 2 aromatic carbocycles. The fourth-order valence-electron chi connectivity index (χ4n) is 2.70. The number of hydrogen-bond acceptors (Lipinski definition) is 6. The smallest absolute Gasteiger partial charge is 0.416 e. The van der Waals surface area contributed by atoms with Gasteiger partial charge < -0.3 is 14.0 Å². The number of amides is 1. The summed E-state index contributed by atoms with van der Waals surface area (Å²) in [6, 6.07) is 8.24. The Morgan fingerprint density at radius 3 is 2.23 bits per heavy atom. The quantitative estimate of drug-likeness (QED) is 0.566. The van der Waals surface area contributed by atoms with Gasteiger partial charge in [0, 0.05) is 5.56 Å². The van der Waals surface area contributed by atoms with Gasteiger partial charge in [-0.15, -0.1) is 0 Å². The summed E-state index contributed by atoms with van der Waals surface area (Å²) in [5.74, 6) is -1.94. The molecule has 0 aliphatic rings. The number of alkyl halides is 3. The van der Waals surface area contributed by atoms with Crippen LogP contribution in [0.4, 0.5) is 13.2 Å². The number of aromatic nitrogens is 1. The molecule has 0 radical (unpaired) electrons. The minimum absolute atomic E-state index is 0.0506. The van der Waals surface area contributed by atoms with Crippen LogP contribution in [-0.4, -0.2) is 36.6 Å². The lowest BCUT2D eigenvalue weighted by Crippen LogP contribution is -2.22. The molecule has 0 saturated carbocycles. The third-order valence-electron chi connectivity index (χ3n) is 4.28. The highest BCUT2D eigenvalue weighted by Gasteiger charge is 2.30. The lowest BCUT2D eigenvalue weighted by atomic mass is 10.1. The third-order valence-corrected chi connectivity index (χ3v) is 5.32. The predicted octanol–water partition coefficient (Wildman–Crippen LogP) is 3.42. The topological polar surface area (TPSA) is 87.0 Å². The SMILES string of the molecule is COC(=O)Cn1c(=NC(=O)c2ccc(C(F)(F)F)cc2)sc2cc(C(=O)OC)ccc21. The zero-order valence-electron chi connectivity index (χ0n) is 16.2. The van der Waals surface area contributed by atoms with E-state index in [4.69, 9.17) is 0 Å². The third kappa shape index (κ3) is 4.82. The molecule has 0 atom stereocenters. The molecule has 0 saturated heterocycles. The van der Waals surface area contributed by atoms with E-state index in [1.54, 1.807) is 6.07 Å². The second kappa shape index (κ2) is 8.72. The Labute approximate surface area is 177 Å². The molecule has 0 bridgehead atoms. The van der Waals surface area contributed by atoms with Gasteiger partial charge in [0.05, 0.1) is 35.6 Å². The van der Waals surface area contributed by atoms with E-state index in [2.05, 4.69) is 14.5 Å². The number of hydrogen-bond donors (Lipinski definition) is 0. The molecular weight excluding hydrogens is 437 g/mol. The molecule has 7 nitrogen and oxygen atoms in total. The molecule has 0 unspecified atom stereocenters. The number of halogens is 3. The molecular formula is C20H15F3N2O5S. The molecule has 3 rings (SSSR count). The van der Waals surface area contributed by atoms with Crippen molar-refractivity contribution in [2.75, 3.05) is 14.2 Å². The maximum Gasteiger partial charge on any atom is 0.416 e. The number of esters is 2. The van der Waals surface area contributed by atoms with Crippen molar-refractivity contribution < 1.29 is 37.0 Å². The fraction of sp³-hybridized carbons (Fsp3) is 0.200. The first kappa shape index (κ1) is 22.2. The summed E-state index contributed by atoms with van der Waals surface area (Å²) < 4.78 is 49.5. The standard InChI is InChI=1S/C20H15F3N2O5S/c1-29-16(26)10-25-14-8-5-12(18(28)30-2)9-15(14)31-19(25)24-17(27)11-3-6-13(7-4-11)20(21,22)23/h3-9H,10H2,1-2H3. The molecule has 3 aromatic rings. The van der Waals surface area contributed by atoms with E-state index in [0.717, 1.165) is 35.6 Å². The van der Waals surface area contributed by atoms with Crippen molar-refractivity contribution in [1.29, 1.82) is 0 Å². The molecule has 0 aliphatic carbocycles. The molecule has 0 aliphatic heterocycles. The number of thiazole rings is 1. The predicted molar refractivity (Wildman–Crippen MR) is 105 cm³/mol. The molecule has 1 amide bonds. The number of ether oxygens (including phenoxy) is 2. The van der Waals surface area contributed by atoms with Gasteiger partial charge in [0.25, 0.3) is 5.91 Å². The van der Waals surface area contributed by atoms with E-state index in [0.29, 0.717) is 10.2 Å². The summed E-state index contributed by atoms with van der Waals surface area (Å²) in [6.45, 7) is -0.257. The highest BCUT2D eigenvalue weighted by molar-refractivity contribution is 7.16. The van der Waals surface area contributed by atoms with Crippen LogP contribution < -0.4 is 4.80 Å². The fourth-order valence-corrected chi connectivity index (χ4v) is 3.77. The second-order valence-electron chi connectivity index (χ2n) is 6.21. The number of rotatable bonds is 4. The van der Waals surface area contributed by atoms with Gasteiger partial charge in [-0.2, -0.15) is 18.2 Å². The van der Waals surface area contributed by atoms with Crippen LogP contribution in [0.3, 0.4) is 0 Å². The summed E-state index contributed by atoms with van der Waals surface area (Å²) in [5, 5.41) is 0. The van der Waals surface area contributed by atoms with Crippen LogP contribution in [0.25, 0.3) is 10.2 Å². The van der Waals surface area contributed by atoms with Crippen LogP contribution in [0.15, 0.2) is 47.5 Å². The van der Waals surface area contributed by atoms with Gasteiger partial charge in [-0.1, -0.05) is 11.3 Å². The number of methoxy groups -OCH3 is 2. The molecule has 0 spiro atoms. The van der Waals surface area contributed by atoms with Gasteiger partial charge >= 0.3 is 18.1 Å². The van der Waals surface area contributed by atoms with E-state index < -0.39 is 29.6 Å². The average Bonchev–Trinajstić information content (AvgIpc) is 3.08. The normalized spacial score (nSPS) is 12.1. The van der Waals surface area contributed by atoms with Crippen molar-refractivity contribution in [1.82, 2.24) is 4.57 Å². The van der Waals surface area contributed by atoms with Crippen molar-refractivity contribution in [3.63, 3.8) is 0 Å². The van der Waals surface area contributed by atoms with Crippen LogP contribution in [0.1, 0.15) is 26.3 Å². The highest BCUT2D eigenvalue weighted by Crippen LogP contribution is 2.29. The van der Waals surface area contributed by atoms with Crippen molar-refractivity contribution in [2.45, 2.75) is 12.7 Å². The maximum absolute atomic E-state index is 12.7. The van der Waals surface area contributed by atoms with Crippen LogP contribution in [0.2, 0.25) is 0 Å². The van der Waals surface area contributed by atoms with E-state index in [1.165, 1.54) is 30.9 Å². The Morgan fingerprint density at radius 1 is 1.00 bits per heavy atom. The molecule has 0 fully saturated rings. The van der Waals surface area contributed by atoms with Gasteiger partial charge in [-0.3, -0.25) is 9.59 Å². The summed E-state index contributed by atoms with van der Waals surface area (Å²) in [4.78, 5) is 40.2. The molecule has 11 heteroatoms. The lowest BCUT2D eigenvalue weighted by molar-refractivity contribution is -0.141. The van der Waals surface area contributed by atoms with Gasteiger partial charge in [0.2, 0.25) is 0 Å². The number of carbonyl (C=O) groups excluding carboxylic acids is 3. The van der Waals surface area contributed by atoms with Gasteiger partial charge in [0.15, 0.2) is 4.80 Å². The number of benzene rings is 2. The Hall–Kier alpha value is -3.47. The van der Waals surface area contributed by atoms with Gasteiger partial charge in [-0.25, -0.2) is 4.79 Å². The molecule has 31 heavy (non-hydrogen) atoms. The summed E-state index contributed by atoms with van der Waals surface area (Å²) in [7, 11) is 2.44. The molecule has 162 valence electrons. The maximum atomic E-state index is 12.7.